The van der Waals surface area contributed by atoms with E-state index in [9.17, 15) is 13.2 Å². The number of benzene rings is 2. The summed E-state index contributed by atoms with van der Waals surface area (Å²) in [6, 6.07) is 13.7. The van der Waals surface area contributed by atoms with Gasteiger partial charge in [0.25, 0.3) is 0 Å². The lowest BCUT2D eigenvalue weighted by Crippen LogP contribution is -2.45. The van der Waals surface area contributed by atoms with Crippen molar-refractivity contribution in [3.05, 3.63) is 59.2 Å². The molecule has 1 aliphatic carbocycles. The number of sulfonamides is 1. The SMILES string of the molecule is O=C(C1CCN(S(=O)(=O)c2ccc3c(c2)CCC3)CC1)N1CCCc2ccccc21. The van der Waals surface area contributed by atoms with Gasteiger partial charge in [-0.1, -0.05) is 24.3 Å². The molecule has 0 aromatic heterocycles. The quantitative estimate of drug-likeness (QED) is 0.757. The largest absolute Gasteiger partial charge is 0.312 e. The summed E-state index contributed by atoms with van der Waals surface area (Å²) in [4.78, 5) is 15.6. The van der Waals surface area contributed by atoms with E-state index in [-0.39, 0.29) is 11.8 Å². The summed E-state index contributed by atoms with van der Waals surface area (Å²) >= 11 is 0. The first-order valence-electron chi connectivity index (χ1n) is 11.1. The fourth-order valence-electron chi connectivity index (χ4n) is 5.18. The van der Waals surface area contributed by atoms with Gasteiger partial charge in [0.2, 0.25) is 15.9 Å². The molecule has 1 fully saturated rings. The van der Waals surface area contributed by atoms with Crippen LogP contribution in [0.5, 0.6) is 0 Å². The number of carbonyl (C=O) groups is 1. The van der Waals surface area contributed by atoms with Gasteiger partial charge in [0.1, 0.15) is 0 Å². The third-order valence-electron chi connectivity index (χ3n) is 6.89. The van der Waals surface area contributed by atoms with Gasteiger partial charge < -0.3 is 4.90 Å². The zero-order valence-corrected chi connectivity index (χ0v) is 18.0. The molecule has 0 atom stereocenters. The molecule has 1 amide bonds. The molecule has 6 heteroatoms. The Bertz CT molecular complexity index is 1070. The number of amides is 1. The van der Waals surface area contributed by atoms with E-state index in [4.69, 9.17) is 0 Å². The standard InChI is InChI=1S/C24H28N2O3S/c27-24(26-14-4-8-19-5-1-2-9-23(19)26)20-12-15-25(16-13-20)30(28,29)22-11-10-18-6-3-7-21(18)17-22/h1-2,5,9-11,17,20H,3-4,6-8,12-16H2. The predicted molar refractivity (Wildman–Crippen MR) is 117 cm³/mol. The Kier molecular flexibility index (Phi) is 5.15. The lowest BCUT2D eigenvalue weighted by molar-refractivity contribution is -0.123. The first-order valence-corrected chi connectivity index (χ1v) is 12.5. The molecule has 5 nitrogen and oxygen atoms in total. The van der Waals surface area contributed by atoms with Gasteiger partial charge in [-0.05, 0) is 79.8 Å². The Morgan fingerprint density at radius 3 is 2.40 bits per heavy atom. The van der Waals surface area contributed by atoms with E-state index in [1.54, 1.807) is 10.4 Å². The van der Waals surface area contributed by atoms with Gasteiger partial charge >= 0.3 is 0 Å². The van der Waals surface area contributed by atoms with Crippen molar-refractivity contribution in [2.24, 2.45) is 5.92 Å². The van der Waals surface area contributed by atoms with Gasteiger partial charge in [-0.25, -0.2) is 8.42 Å². The zero-order valence-electron chi connectivity index (χ0n) is 17.2. The van der Waals surface area contributed by atoms with Crippen molar-refractivity contribution in [1.29, 1.82) is 0 Å². The smallest absolute Gasteiger partial charge is 0.243 e. The summed E-state index contributed by atoms with van der Waals surface area (Å²) in [5, 5.41) is 0. The van der Waals surface area contributed by atoms with Crippen molar-refractivity contribution < 1.29 is 13.2 Å². The topological polar surface area (TPSA) is 57.7 Å². The van der Waals surface area contributed by atoms with E-state index in [0.29, 0.717) is 30.8 Å². The van der Waals surface area contributed by atoms with E-state index in [1.807, 2.05) is 35.2 Å². The second-order valence-corrected chi connectivity index (χ2v) is 10.6. The van der Waals surface area contributed by atoms with E-state index in [2.05, 4.69) is 6.07 Å². The van der Waals surface area contributed by atoms with Crippen molar-refractivity contribution in [1.82, 2.24) is 4.31 Å². The van der Waals surface area contributed by atoms with Gasteiger partial charge in [-0.3, -0.25) is 4.79 Å². The molecule has 0 saturated carbocycles. The molecular weight excluding hydrogens is 396 g/mol. The lowest BCUT2D eigenvalue weighted by Gasteiger charge is -2.36. The van der Waals surface area contributed by atoms with Gasteiger partial charge in [0, 0.05) is 31.2 Å². The van der Waals surface area contributed by atoms with Gasteiger partial charge in [-0.15, -0.1) is 0 Å². The van der Waals surface area contributed by atoms with Crippen LogP contribution in [0.2, 0.25) is 0 Å². The molecule has 0 spiro atoms. The van der Waals surface area contributed by atoms with E-state index in [0.717, 1.165) is 44.3 Å². The molecule has 0 radical (unpaired) electrons. The van der Waals surface area contributed by atoms with Crippen LogP contribution in [-0.2, 0) is 34.1 Å². The molecule has 1 saturated heterocycles. The monoisotopic (exact) mass is 424 g/mol. The van der Waals surface area contributed by atoms with E-state index < -0.39 is 10.0 Å². The molecule has 2 aromatic rings. The minimum atomic E-state index is -3.50. The van der Waals surface area contributed by atoms with E-state index >= 15 is 0 Å². The number of piperidine rings is 1. The fraction of sp³-hybridized carbons (Fsp3) is 0.458. The van der Waals surface area contributed by atoms with Gasteiger partial charge in [0.15, 0.2) is 0 Å². The Hall–Kier alpha value is -2.18. The number of rotatable bonds is 3. The number of anilines is 1. The van der Waals surface area contributed by atoms with Crippen molar-refractivity contribution in [2.45, 2.75) is 49.8 Å². The van der Waals surface area contributed by atoms with Crippen LogP contribution in [0.25, 0.3) is 0 Å². The Balaban J connectivity index is 1.28. The number of para-hydroxylation sites is 1. The van der Waals surface area contributed by atoms with Crippen LogP contribution in [0.15, 0.2) is 47.4 Å². The van der Waals surface area contributed by atoms with Gasteiger partial charge in [0.05, 0.1) is 4.90 Å². The number of carbonyl (C=O) groups excluding carboxylic acids is 1. The normalized spacial score (nSPS) is 20.1. The summed E-state index contributed by atoms with van der Waals surface area (Å²) in [5.74, 6) is 0.0411. The molecule has 3 aliphatic rings. The Morgan fingerprint density at radius 2 is 1.57 bits per heavy atom. The van der Waals surface area contributed by atoms with Crippen molar-refractivity contribution in [2.75, 3.05) is 24.5 Å². The third kappa shape index (κ3) is 3.46. The zero-order chi connectivity index (χ0) is 20.7. The van der Waals surface area contributed by atoms with Crippen LogP contribution in [0.4, 0.5) is 5.69 Å². The van der Waals surface area contributed by atoms with Crippen molar-refractivity contribution in [3.8, 4) is 0 Å². The highest BCUT2D eigenvalue weighted by Gasteiger charge is 2.35. The third-order valence-corrected chi connectivity index (χ3v) is 8.78. The average molecular weight is 425 g/mol. The number of hydrogen-bond donors (Lipinski definition) is 0. The lowest BCUT2D eigenvalue weighted by atomic mass is 9.94. The summed E-state index contributed by atoms with van der Waals surface area (Å²) in [5.41, 5.74) is 4.71. The molecule has 2 heterocycles. The molecule has 0 N–H and O–H groups in total. The summed E-state index contributed by atoms with van der Waals surface area (Å²) < 4.78 is 27.9. The highest BCUT2D eigenvalue weighted by Crippen LogP contribution is 2.32. The average Bonchev–Trinajstić information content (AvgIpc) is 3.26. The molecule has 0 unspecified atom stereocenters. The molecule has 2 aromatic carbocycles. The molecule has 30 heavy (non-hydrogen) atoms. The van der Waals surface area contributed by atoms with Crippen molar-refractivity contribution in [3.63, 3.8) is 0 Å². The first kappa shape index (κ1) is 19.8. The minimum absolute atomic E-state index is 0.109. The second kappa shape index (κ2) is 7.82. The minimum Gasteiger partial charge on any atom is -0.312 e. The maximum Gasteiger partial charge on any atom is 0.243 e. The molecular formula is C24H28N2O3S. The first-order chi connectivity index (χ1) is 14.5. The van der Waals surface area contributed by atoms with Crippen LogP contribution < -0.4 is 4.90 Å². The van der Waals surface area contributed by atoms with Gasteiger partial charge in [-0.2, -0.15) is 4.31 Å². The maximum absolute atomic E-state index is 13.2. The molecule has 2 aliphatic heterocycles. The number of aryl methyl sites for hydroxylation is 3. The number of hydrogen-bond acceptors (Lipinski definition) is 3. The van der Waals surface area contributed by atoms with Crippen molar-refractivity contribution >= 4 is 21.6 Å². The maximum atomic E-state index is 13.2. The Morgan fingerprint density at radius 1 is 0.833 bits per heavy atom. The summed E-state index contributed by atoms with van der Waals surface area (Å²) in [6.07, 6.45) is 6.27. The fourth-order valence-corrected chi connectivity index (χ4v) is 6.70. The molecule has 5 rings (SSSR count). The molecule has 0 bridgehead atoms. The summed E-state index contributed by atoms with van der Waals surface area (Å²) in [6.45, 7) is 1.57. The number of fused-ring (bicyclic) bond motifs is 2. The second-order valence-electron chi connectivity index (χ2n) is 8.68. The van der Waals surface area contributed by atoms with Crippen LogP contribution in [0, 0.1) is 5.92 Å². The van der Waals surface area contributed by atoms with Crippen LogP contribution in [-0.4, -0.2) is 38.3 Å². The summed E-state index contributed by atoms with van der Waals surface area (Å²) in [7, 11) is -3.50. The Labute approximate surface area is 178 Å². The van der Waals surface area contributed by atoms with Crippen LogP contribution in [0.3, 0.4) is 0 Å². The van der Waals surface area contributed by atoms with Crippen LogP contribution in [0.1, 0.15) is 42.4 Å². The highest BCUT2D eigenvalue weighted by molar-refractivity contribution is 7.89. The molecule has 158 valence electrons. The van der Waals surface area contributed by atoms with Crippen LogP contribution >= 0.6 is 0 Å². The highest BCUT2D eigenvalue weighted by atomic mass is 32.2. The predicted octanol–water partition coefficient (Wildman–Crippen LogP) is 3.56. The van der Waals surface area contributed by atoms with E-state index in [1.165, 1.54) is 16.7 Å². The number of nitrogens with zero attached hydrogens (tertiary/aromatic N) is 2.